The molecule has 0 fully saturated rings. The second-order valence-corrected chi connectivity index (χ2v) is 4.72. The number of nitrogens with two attached hydrogens (primary N) is 1. The summed E-state index contributed by atoms with van der Waals surface area (Å²) < 4.78 is 18.0. The standard InChI is InChI=1S/C12H17ClFNO/c1-12(15,5-6-16-2)8-9-7-10(14)3-4-11(9)13/h3-4,7H,5-6,8,15H2,1-2H3. The first-order valence-corrected chi connectivity index (χ1v) is 5.54. The van der Waals surface area contributed by atoms with E-state index in [9.17, 15) is 4.39 Å². The van der Waals surface area contributed by atoms with Crippen molar-refractivity contribution in [1.29, 1.82) is 0 Å². The Labute approximate surface area is 101 Å². The van der Waals surface area contributed by atoms with Crippen LogP contribution in [0, 0.1) is 5.82 Å². The molecule has 2 N–H and O–H groups in total. The van der Waals surface area contributed by atoms with Gasteiger partial charge in [0.15, 0.2) is 0 Å². The summed E-state index contributed by atoms with van der Waals surface area (Å²) >= 11 is 5.98. The van der Waals surface area contributed by atoms with E-state index in [1.807, 2.05) is 6.92 Å². The highest BCUT2D eigenvalue weighted by Gasteiger charge is 2.20. The van der Waals surface area contributed by atoms with Gasteiger partial charge < -0.3 is 10.5 Å². The molecular weight excluding hydrogens is 229 g/mol. The van der Waals surface area contributed by atoms with Crippen LogP contribution in [0.25, 0.3) is 0 Å². The van der Waals surface area contributed by atoms with Gasteiger partial charge in [-0.3, -0.25) is 0 Å². The second-order valence-electron chi connectivity index (χ2n) is 4.31. The van der Waals surface area contributed by atoms with Crippen LogP contribution in [-0.4, -0.2) is 19.3 Å². The number of halogens is 2. The summed E-state index contributed by atoms with van der Waals surface area (Å²) in [5.74, 6) is -0.290. The average molecular weight is 246 g/mol. The van der Waals surface area contributed by atoms with Crippen LogP contribution in [0.2, 0.25) is 5.02 Å². The lowest BCUT2D eigenvalue weighted by atomic mass is 9.91. The van der Waals surface area contributed by atoms with Gasteiger partial charge in [0.2, 0.25) is 0 Å². The Kier molecular flexibility index (Phi) is 4.71. The Bertz CT molecular complexity index is 355. The number of methoxy groups -OCH3 is 1. The molecule has 0 spiro atoms. The Hall–Kier alpha value is -0.640. The van der Waals surface area contributed by atoms with Gasteiger partial charge in [0.25, 0.3) is 0 Å². The van der Waals surface area contributed by atoms with E-state index in [0.717, 1.165) is 5.56 Å². The molecule has 0 radical (unpaired) electrons. The van der Waals surface area contributed by atoms with E-state index < -0.39 is 5.54 Å². The third kappa shape index (κ3) is 4.08. The van der Waals surface area contributed by atoms with Crippen molar-refractivity contribution in [1.82, 2.24) is 0 Å². The fourth-order valence-electron chi connectivity index (χ4n) is 1.54. The predicted octanol–water partition coefficient (Wildman–Crippen LogP) is 2.78. The molecule has 0 aliphatic heterocycles. The minimum absolute atomic E-state index is 0.290. The molecule has 0 saturated heterocycles. The molecule has 0 aliphatic rings. The van der Waals surface area contributed by atoms with Crippen molar-refractivity contribution in [2.45, 2.75) is 25.3 Å². The molecule has 0 saturated carbocycles. The Balaban J connectivity index is 2.74. The summed E-state index contributed by atoms with van der Waals surface area (Å²) in [4.78, 5) is 0. The SMILES string of the molecule is COCCC(C)(N)Cc1cc(F)ccc1Cl. The quantitative estimate of drug-likeness (QED) is 0.866. The van der Waals surface area contributed by atoms with Gasteiger partial charge in [-0.2, -0.15) is 0 Å². The highest BCUT2D eigenvalue weighted by Crippen LogP contribution is 2.22. The molecule has 1 rings (SSSR count). The van der Waals surface area contributed by atoms with Gasteiger partial charge in [-0.1, -0.05) is 11.6 Å². The Morgan fingerprint density at radius 1 is 1.50 bits per heavy atom. The normalized spacial score (nSPS) is 14.8. The molecule has 1 aromatic carbocycles. The maximum atomic E-state index is 13.1. The molecule has 1 aromatic rings. The van der Waals surface area contributed by atoms with Crippen LogP contribution in [0.3, 0.4) is 0 Å². The largest absolute Gasteiger partial charge is 0.385 e. The third-order valence-electron chi connectivity index (χ3n) is 2.48. The zero-order valence-electron chi connectivity index (χ0n) is 9.59. The molecule has 1 unspecified atom stereocenters. The van der Waals surface area contributed by atoms with E-state index in [4.69, 9.17) is 22.1 Å². The lowest BCUT2D eigenvalue weighted by Gasteiger charge is -2.24. The molecule has 2 nitrogen and oxygen atoms in total. The van der Waals surface area contributed by atoms with Crippen LogP contribution >= 0.6 is 11.6 Å². The van der Waals surface area contributed by atoms with Crippen molar-refractivity contribution in [3.8, 4) is 0 Å². The molecule has 0 amide bonds. The molecule has 1 atom stereocenters. The Morgan fingerprint density at radius 2 is 2.19 bits per heavy atom. The number of ether oxygens (including phenoxy) is 1. The van der Waals surface area contributed by atoms with Crippen LogP contribution in [0.5, 0.6) is 0 Å². The van der Waals surface area contributed by atoms with Crippen molar-refractivity contribution in [3.05, 3.63) is 34.6 Å². The van der Waals surface area contributed by atoms with Crippen LogP contribution < -0.4 is 5.73 Å². The topological polar surface area (TPSA) is 35.2 Å². The van der Waals surface area contributed by atoms with Crippen molar-refractivity contribution in [2.24, 2.45) is 5.73 Å². The van der Waals surface area contributed by atoms with Gasteiger partial charge in [0.05, 0.1) is 0 Å². The first kappa shape index (κ1) is 13.4. The lowest BCUT2D eigenvalue weighted by molar-refractivity contribution is 0.171. The zero-order chi connectivity index (χ0) is 12.2. The maximum Gasteiger partial charge on any atom is 0.123 e. The molecule has 0 aromatic heterocycles. The summed E-state index contributed by atoms with van der Waals surface area (Å²) in [5.41, 5.74) is 6.39. The van der Waals surface area contributed by atoms with E-state index in [2.05, 4.69) is 0 Å². The van der Waals surface area contributed by atoms with Crippen molar-refractivity contribution in [2.75, 3.05) is 13.7 Å². The van der Waals surface area contributed by atoms with Gasteiger partial charge in [0, 0.05) is 24.3 Å². The van der Waals surface area contributed by atoms with E-state index in [1.54, 1.807) is 13.2 Å². The van der Waals surface area contributed by atoms with Gasteiger partial charge in [-0.15, -0.1) is 0 Å². The number of rotatable bonds is 5. The predicted molar refractivity (Wildman–Crippen MR) is 64.2 cm³/mol. The van der Waals surface area contributed by atoms with Gasteiger partial charge in [-0.25, -0.2) is 4.39 Å². The highest BCUT2D eigenvalue weighted by molar-refractivity contribution is 6.31. The van der Waals surface area contributed by atoms with E-state index >= 15 is 0 Å². The summed E-state index contributed by atoms with van der Waals surface area (Å²) in [6.45, 7) is 2.49. The lowest BCUT2D eigenvalue weighted by Crippen LogP contribution is -2.39. The molecular formula is C12H17ClFNO. The average Bonchev–Trinajstić information content (AvgIpc) is 2.20. The number of hydrogen-bond donors (Lipinski definition) is 1. The van der Waals surface area contributed by atoms with Crippen LogP contribution in [-0.2, 0) is 11.2 Å². The zero-order valence-corrected chi connectivity index (χ0v) is 10.4. The first-order valence-electron chi connectivity index (χ1n) is 5.16. The minimum atomic E-state index is -0.437. The van der Waals surface area contributed by atoms with Gasteiger partial charge in [0.1, 0.15) is 5.82 Å². The molecule has 16 heavy (non-hydrogen) atoms. The fourth-order valence-corrected chi connectivity index (χ4v) is 1.72. The highest BCUT2D eigenvalue weighted by atomic mass is 35.5. The molecule has 0 aliphatic carbocycles. The van der Waals surface area contributed by atoms with Gasteiger partial charge in [-0.05, 0) is 43.5 Å². The van der Waals surface area contributed by atoms with Crippen LogP contribution in [0.4, 0.5) is 4.39 Å². The van der Waals surface area contributed by atoms with Crippen molar-refractivity contribution in [3.63, 3.8) is 0 Å². The van der Waals surface area contributed by atoms with E-state index in [0.29, 0.717) is 24.5 Å². The fraction of sp³-hybridized carbons (Fsp3) is 0.500. The molecule has 0 bridgehead atoms. The van der Waals surface area contributed by atoms with Crippen LogP contribution in [0.1, 0.15) is 18.9 Å². The molecule has 4 heteroatoms. The summed E-state index contributed by atoms with van der Waals surface area (Å²) in [7, 11) is 1.63. The monoisotopic (exact) mass is 245 g/mol. The second kappa shape index (κ2) is 5.62. The van der Waals surface area contributed by atoms with E-state index in [1.165, 1.54) is 12.1 Å². The number of benzene rings is 1. The van der Waals surface area contributed by atoms with Crippen molar-refractivity contribution >= 4 is 11.6 Å². The van der Waals surface area contributed by atoms with Crippen LogP contribution in [0.15, 0.2) is 18.2 Å². The molecule has 90 valence electrons. The summed E-state index contributed by atoms with van der Waals surface area (Å²) in [5, 5.41) is 0.551. The summed E-state index contributed by atoms with van der Waals surface area (Å²) in [6.07, 6.45) is 1.24. The van der Waals surface area contributed by atoms with Gasteiger partial charge >= 0.3 is 0 Å². The summed E-state index contributed by atoms with van der Waals surface area (Å²) in [6, 6.07) is 4.33. The Morgan fingerprint density at radius 3 is 2.81 bits per heavy atom. The third-order valence-corrected chi connectivity index (χ3v) is 2.85. The van der Waals surface area contributed by atoms with E-state index in [-0.39, 0.29) is 5.82 Å². The smallest absolute Gasteiger partial charge is 0.123 e. The maximum absolute atomic E-state index is 13.1. The molecule has 0 heterocycles. The van der Waals surface area contributed by atoms with Crippen molar-refractivity contribution < 1.29 is 9.13 Å². The minimum Gasteiger partial charge on any atom is -0.385 e. The first-order chi connectivity index (χ1) is 7.44. The number of hydrogen-bond acceptors (Lipinski definition) is 2.